The quantitative estimate of drug-likeness (QED) is 0.342. The zero-order valence-corrected chi connectivity index (χ0v) is 23.9. The second-order valence-electron chi connectivity index (χ2n) is 10.6. The van der Waals surface area contributed by atoms with E-state index in [0.717, 1.165) is 11.1 Å². The number of aliphatic imine (C=N–C) groups is 1. The maximum absolute atomic E-state index is 13.3. The SMILES string of the molecule is CN1C(=O)[C@H](NC(=O)Nc2cccc(CNC(=O)CNC(=O)OC(C)(C)C)c2)N=C(c2ccccc2)c2ccccc21. The van der Waals surface area contributed by atoms with Crippen molar-refractivity contribution >= 4 is 41.0 Å². The number of urea groups is 1. The van der Waals surface area contributed by atoms with Gasteiger partial charge in [-0.1, -0.05) is 60.7 Å². The van der Waals surface area contributed by atoms with E-state index in [1.807, 2.05) is 54.6 Å². The van der Waals surface area contributed by atoms with E-state index in [1.54, 1.807) is 52.1 Å². The molecule has 0 fully saturated rings. The van der Waals surface area contributed by atoms with Crippen LogP contribution in [-0.2, 0) is 20.9 Å². The summed E-state index contributed by atoms with van der Waals surface area (Å²) in [5, 5.41) is 10.5. The molecule has 11 heteroatoms. The number of ether oxygens (including phenoxy) is 1. The summed E-state index contributed by atoms with van der Waals surface area (Å²) in [5.41, 5.74) is 3.37. The zero-order valence-electron chi connectivity index (χ0n) is 23.9. The summed E-state index contributed by atoms with van der Waals surface area (Å²) in [6.45, 7) is 5.12. The Kier molecular flexibility index (Phi) is 9.21. The molecule has 0 bridgehead atoms. The fourth-order valence-corrected chi connectivity index (χ4v) is 4.22. The molecule has 1 heterocycles. The molecule has 0 aliphatic carbocycles. The standard InChI is InChI=1S/C31H34N6O5/c1-31(2,3)42-30(41)33-19-25(38)32-18-20-11-10-14-22(17-20)34-29(40)36-27-28(39)37(4)24-16-9-8-15-23(24)26(35-27)21-12-6-5-7-13-21/h5-17,27H,18-19H2,1-4H3,(H,32,38)(H,33,41)(H2,34,36,40)/t27-/m0/s1. The number of fused-ring (bicyclic) bond motifs is 1. The average molecular weight is 571 g/mol. The fraction of sp³-hybridized carbons (Fsp3) is 0.258. The molecule has 1 aliphatic rings. The summed E-state index contributed by atoms with van der Waals surface area (Å²) in [7, 11) is 1.65. The highest BCUT2D eigenvalue weighted by Crippen LogP contribution is 2.27. The summed E-state index contributed by atoms with van der Waals surface area (Å²) < 4.78 is 5.11. The number of nitrogens with zero attached hydrogens (tertiary/aromatic N) is 2. The lowest BCUT2D eigenvalue weighted by Crippen LogP contribution is -2.47. The van der Waals surface area contributed by atoms with Gasteiger partial charge in [0.25, 0.3) is 5.91 Å². The molecule has 3 aromatic carbocycles. The monoisotopic (exact) mass is 570 g/mol. The van der Waals surface area contributed by atoms with Crippen LogP contribution in [0, 0.1) is 0 Å². The highest BCUT2D eigenvalue weighted by Gasteiger charge is 2.31. The van der Waals surface area contributed by atoms with E-state index in [2.05, 4.69) is 26.3 Å². The number of para-hydroxylation sites is 1. The van der Waals surface area contributed by atoms with Gasteiger partial charge >= 0.3 is 12.1 Å². The van der Waals surface area contributed by atoms with Gasteiger partial charge < -0.3 is 30.9 Å². The zero-order chi connectivity index (χ0) is 30.3. The molecule has 218 valence electrons. The fourth-order valence-electron chi connectivity index (χ4n) is 4.22. The number of hydrogen-bond acceptors (Lipinski definition) is 6. The Morgan fingerprint density at radius 2 is 1.64 bits per heavy atom. The van der Waals surface area contributed by atoms with Crippen molar-refractivity contribution in [2.45, 2.75) is 39.1 Å². The molecule has 4 rings (SSSR count). The Morgan fingerprint density at radius 3 is 2.38 bits per heavy atom. The Bertz CT molecular complexity index is 1500. The van der Waals surface area contributed by atoms with Gasteiger partial charge in [-0.15, -0.1) is 0 Å². The molecule has 42 heavy (non-hydrogen) atoms. The van der Waals surface area contributed by atoms with Gasteiger partial charge in [0.2, 0.25) is 12.1 Å². The lowest BCUT2D eigenvalue weighted by Gasteiger charge is -2.21. The number of rotatable bonds is 7. The van der Waals surface area contributed by atoms with Crippen LogP contribution in [0.2, 0.25) is 0 Å². The first kappa shape index (κ1) is 29.8. The van der Waals surface area contributed by atoms with Crippen molar-refractivity contribution in [3.63, 3.8) is 0 Å². The number of benzene rings is 3. The Balaban J connectivity index is 1.40. The maximum atomic E-state index is 13.3. The van der Waals surface area contributed by atoms with E-state index in [9.17, 15) is 19.2 Å². The minimum atomic E-state index is -1.17. The molecule has 0 radical (unpaired) electrons. The molecule has 0 spiro atoms. The highest BCUT2D eigenvalue weighted by atomic mass is 16.6. The van der Waals surface area contributed by atoms with Gasteiger partial charge in [0.1, 0.15) is 12.1 Å². The summed E-state index contributed by atoms with van der Waals surface area (Å²) in [4.78, 5) is 56.4. The number of amides is 5. The summed E-state index contributed by atoms with van der Waals surface area (Å²) in [5.74, 6) is -0.791. The number of hydrogen-bond donors (Lipinski definition) is 4. The molecule has 4 N–H and O–H groups in total. The summed E-state index contributed by atoms with van der Waals surface area (Å²) in [6, 6.07) is 23.2. The van der Waals surface area contributed by atoms with Gasteiger partial charge in [-0.3, -0.25) is 9.59 Å². The third-order valence-corrected chi connectivity index (χ3v) is 6.12. The maximum Gasteiger partial charge on any atom is 0.408 e. The van der Waals surface area contributed by atoms with Gasteiger partial charge in [0.15, 0.2) is 0 Å². The van der Waals surface area contributed by atoms with Crippen molar-refractivity contribution in [2.75, 3.05) is 23.8 Å². The first-order valence-electron chi connectivity index (χ1n) is 13.4. The van der Waals surface area contributed by atoms with Crippen LogP contribution in [0.1, 0.15) is 37.5 Å². The average Bonchev–Trinajstić information content (AvgIpc) is 3.05. The van der Waals surface area contributed by atoms with E-state index in [1.165, 1.54) is 4.90 Å². The van der Waals surface area contributed by atoms with Crippen LogP contribution in [0.4, 0.5) is 21.0 Å². The van der Waals surface area contributed by atoms with Gasteiger partial charge in [-0.2, -0.15) is 0 Å². The first-order chi connectivity index (χ1) is 20.0. The van der Waals surface area contributed by atoms with Crippen molar-refractivity contribution in [1.82, 2.24) is 16.0 Å². The second kappa shape index (κ2) is 13.0. The van der Waals surface area contributed by atoms with Crippen LogP contribution in [0.15, 0.2) is 83.9 Å². The van der Waals surface area contributed by atoms with Crippen LogP contribution in [0.25, 0.3) is 0 Å². The smallest absolute Gasteiger partial charge is 0.408 e. The molecule has 0 saturated carbocycles. The normalized spacial score (nSPS) is 14.6. The largest absolute Gasteiger partial charge is 0.444 e. The molecule has 0 unspecified atom stereocenters. The number of carbonyl (C=O) groups excluding carboxylic acids is 4. The van der Waals surface area contributed by atoms with Crippen molar-refractivity contribution < 1.29 is 23.9 Å². The third kappa shape index (κ3) is 7.94. The van der Waals surface area contributed by atoms with Crippen LogP contribution in [0.3, 0.4) is 0 Å². The number of anilines is 2. The molecular weight excluding hydrogens is 536 g/mol. The van der Waals surface area contributed by atoms with Gasteiger partial charge in [-0.25, -0.2) is 14.6 Å². The minimum absolute atomic E-state index is 0.168. The van der Waals surface area contributed by atoms with Gasteiger partial charge in [-0.05, 0) is 44.5 Å². The predicted octanol–water partition coefficient (Wildman–Crippen LogP) is 3.79. The topological polar surface area (TPSA) is 141 Å². The van der Waals surface area contributed by atoms with Crippen LogP contribution >= 0.6 is 0 Å². The molecule has 5 amide bonds. The molecular formula is C31H34N6O5. The molecule has 1 aliphatic heterocycles. The van der Waals surface area contributed by atoms with Crippen molar-refractivity contribution in [1.29, 1.82) is 0 Å². The minimum Gasteiger partial charge on any atom is -0.444 e. The molecule has 0 aromatic heterocycles. The Labute approximate surface area is 244 Å². The lowest BCUT2D eigenvalue weighted by molar-refractivity contribution is -0.120. The second-order valence-corrected chi connectivity index (χ2v) is 10.6. The van der Waals surface area contributed by atoms with Gasteiger partial charge in [0, 0.05) is 30.4 Å². The number of benzodiazepines with no additional fused rings is 1. The van der Waals surface area contributed by atoms with Crippen molar-refractivity contribution in [2.24, 2.45) is 4.99 Å². The molecule has 3 aromatic rings. The van der Waals surface area contributed by atoms with E-state index in [4.69, 9.17) is 4.74 Å². The number of alkyl carbamates (subject to hydrolysis) is 1. The summed E-state index contributed by atoms with van der Waals surface area (Å²) >= 11 is 0. The van der Waals surface area contributed by atoms with Crippen molar-refractivity contribution in [3.8, 4) is 0 Å². The number of nitrogens with one attached hydrogen (secondary N) is 4. The molecule has 11 nitrogen and oxygen atoms in total. The number of carbonyl (C=O) groups is 4. The predicted molar refractivity (Wildman–Crippen MR) is 160 cm³/mol. The summed E-state index contributed by atoms with van der Waals surface area (Å²) in [6.07, 6.45) is -1.85. The van der Waals surface area contributed by atoms with E-state index < -0.39 is 29.8 Å². The van der Waals surface area contributed by atoms with Crippen LogP contribution in [-0.4, -0.2) is 55.0 Å². The van der Waals surface area contributed by atoms with Crippen LogP contribution in [0.5, 0.6) is 0 Å². The third-order valence-electron chi connectivity index (χ3n) is 6.12. The van der Waals surface area contributed by atoms with E-state index >= 15 is 0 Å². The van der Waals surface area contributed by atoms with E-state index in [-0.39, 0.29) is 19.0 Å². The Hall–Kier alpha value is -5.19. The van der Waals surface area contributed by atoms with E-state index in [0.29, 0.717) is 22.6 Å². The van der Waals surface area contributed by atoms with Crippen molar-refractivity contribution in [3.05, 3.63) is 95.6 Å². The molecule has 0 saturated heterocycles. The van der Waals surface area contributed by atoms with Gasteiger partial charge in [0.05, 0.1) is 11.4 Å². The molecule has 1 atom stereocenters. The number of likely N-dealkylation sites (N-methyl/N-ethyl adjacent to an activating group) is 1. The highest BCUT2D eigenvalue weighted by molar-refractivity contribution is 6.20. The first-order valence-corrected chi connectivity index (χ1v) is 13.4. The lowest BCUT2D eigenvalue weighted by atomic mass is 10.0. The Morgan fingerprint density at radius 1 is 0.929 bits per heavy atom. The van der Waals surface area contributed by atoms with Crippen LogP contribution < -0.4 is 26.2 Å².